The fourth-order valence-electron chi connectivity index (χ4n) is 1.94. The maximum absolute atomic E-state index is 12.3. The number of hydrogen-bond acceptors (Lipinski definition) is 5. The van der Waals surface area contributed by atoms with Gasteiger partial charge in [0.1, 0.15) is 4.88 Å². The molecule has 1 aromatic heterocycles. The third-order valence-corrected chi connectivity index (χ3v) is 3.92. The molecule has 0 fully saturated rings. The molecule has 0 unspecified atom stereocenters. The zero-order chi connectivity index (χ0) is 16.1. The maximum Gasteiger partial charge on any atom is 0.351 e. The molecule has 1 heterocycles. The molecule has 1 N–H and O–H groups in total. The van der Waals surface area contributed by atoms with Crippen molar-refractivity contribution in [2.24, 2.45) is 0 Å². The van der Waals surface area contributed by atoms with Crippen LogP contribution in [0, 0.1) is 6.92 Å². The van der Waals surface area contributed by atoms with Crippen molar-refractivity contribution >= 4 is 23.2 Å². The Morgan fingerprint density at radius 3 is 2.64 bits per heavy atom. The Morgan fingerprint density at radius 1 is 1.32 bits per heavy atom. The number of nitrogens with zero attached hydrogens (tertiary/aromatic N) is 1. The van der Waals surface area contributed by atoms with Gasteiger partial charge in [-0.25, -0.2) is 9.78 Å². The number of benzene rings is 1. The quantitative estimate of drug-likeness (QED) is 0.861. The molecule has 22 heavy (non-hydrogen) atoms. The minimum atomic E-state index is -0.835. The van der Waals surface area contributed by atoms with Crippen molar-refractivity contribution in [2.75, 3.05) is 6.54 Å². The van der Waals surface area contributed by atoms with Gasteiger partial charge >= 0.3 is 5.97 Å². The lowest BCUT2D eigenvalue weighted by atomic mass is 10.1. The summed E-state index contributed by atoms with van der Waals surface area (Å²) in [5, 5.41) is 3.40. The average molecular weight is 318 g/mol. The molecule has 0 saturated carbocycles. The third kappa shape index (κ3) is 3.71. The number of ether oxygens (including phenoxy) is 1. The van der Waals surface area contributed by atoms with E-state index in [0.29, 0.717) is 17.1 Å². The van der Waals surface area contributed by atoms with Gasteiger partial charge in [0.15, 0.2) is 6.10 Å². The molecule has 0 radical (unpaired) electrons. The summed E-state index contributed by atoms with van der Waals surface area (Å²) in [5.74, 6) is -0.832. The van der Waals surface area contributed by atoms with Gasteiger partial charge in [0, 0.05) is 12.1 Å². The van der Waals surface area contributed by atoms with Gasteiger partial charge in [-0.2, -0.15) is 0 Å². The number of carbonyl (C=O) groups excluding carboxylic acids is 2. The molecule has 0 aliphatic heterocycles. The van der Waals surface area contributed by atoms with Gasteiger partial charge in [0.2, 0.25) is 0 Å². The molecule has 0 saturated heterocycles. The Hall–Kier alpha value is -2.21. The summed E-state index contributed by atoms with van der Waals surface area (Å²) in [5.41, 5.74) is 1.45. The first kappa shape index (κ1) is 16.2. The normalized spacial score (nSPS) is 11.8. The number of amides is 1. The largest absolute Gasteiger partial charge is 0.448 e. The standard InChI is InChI=1S/C16H18N2O3S/c1-4-17-15(19)10(2)21-16(20)14-13(18-11(3)22-14)12-8-6-5-7-9-12/h5-10H,4H2,1-3H3,(H,17,19)/t10-/m0/s1. The molecule has 2 rings (SSSR count). The van der Waals surface area contributed by atoms with E-state index in [-0.39, 0.29) is 5.91 Å². The van der Waals surface area contributed by atoms with Gasteiger partial charge in [-0.15, -0.1) is 11.3 Å². The molecule has 6 heteroatoms. The molecule has 0 aliphatic carbocycles. The van der Waals surface area contributed by atoms with Crippen LogP contribution in [0.3, 0.4) is 0 Å². The first-order valence-electron chi connectivity index (χ1n) is 7.04. The number of nitrogens with one attached hydrogen (secondary N) is 1. The number of carbonyl (C=O) groups is 2. The van der Waals surface area contributed by atoms with E-state index in [9.17, 15) is 9.59 Å². The highest BCUT2D eigenvalue weighted by Crippen LogP contribution is 2.28. The molecule has 0 bridgehead atoms. The number of aromatic nitrogens is 1. The van der Waals surface area contributed by atoms with Gasteiger partial charge in [-0.1, -0.05) is 30.3 Å². The van der Waals surface area contributed by atoms with Crippen LogP contribution in [0.1, 0.15) is 28.5 Å². The lowest BCUT2D eigenvalue weighted by molar-refractivity contribution is -0.128. The smallest absolute Gasteiger partial charge is 0.351 e. The molecule has 0 spiro atoms. The minimum absolute atomic E-state index is 0.307. The highest BCUT2D eigenvalue weighted by Gasteiger charge is 2.23. The van der Waals surface area contributed by atoms with Crippen LogP contribution in [-0.4, -0.2) is 29.5 Å². The Morgan fingerprint density at radius 2 is 2.00 bits per heavy atom. The highest BCUT2D eigenvalue weighted by atomic mass is 32.1. The van der Waals surface area contributed by atoms with Crippen LogP contribution in [0.5, 0.6) is 0 Å². The van der Waals surface area contributed by atoms with Crippen LogP contribution in [0.25, 0.3) is 11.3 Å². The molecule has 1 aromatic carbocycles. The monoisotopic (exact) mass is 318 g/mol. The summed E-state index contributed by atoms with van der Waals surface area (Å²) >= 11 is 1.27. The minimum Gasteiger partial charge on any atom is -0.448 e. The maximum atomic E-state index is 12.3. The van der Waals surface area contributed by atoms with Crippen LogP contribution in [0.2, 0.25) is 0 Å². The van der Waals surface area contributed by atoms with Crippen molar-refractivity contribution in [1.29, 1.82) is 0 Å². The first-order chi connectivity index (χ1) is 10.5. The van der Waals surface area contributed by atoms with Crippen LogP contribution in [0.15, 0.2) is 30.3 Å². The fourth-order valence-corrected chi connectivity index (χ4v) is 2.77. The van der Waals surface area contributed by atoms with E-state index in [1.807, 2.05) is 44.2 Å². The van der Waals surface area contributed by atoms with Crippen LogP contribution in [0.4, 0.5) is 0 Å². The SMILES string of the molecule is CCNC(=O)[C@H](C)OC(=O)c1sc(C)nc1-c1ccccc1. The summed E-state index contributed by atoms with van der Waals surface area (Å²) < 4.78 is 5.25. The van der Waals surface area contributed by atoms with Crippen molar-refractivity contribution < 1.29 is 14.3 Å². The van der Waals surface area contributed by atoms with E-state index in [1.165, 1.54) is 11.3 Å². The average Bonchev–Trinajstić information content (AvgIpc) is 2.90. The molecule has 0 aliphatic rings. The second-order valence-corrected chi connectivity index (χ2v) is 5.92. The van der Waals surface area contributed by atoms with Crippen molar-refractivity contribution in [3.8, 4) is 11.3 Å². The summed E-state index contributed by atoms with van der Waals surface area (Å²) in [6.45, 7) is 5.70. The Kier molecular flexibility index (Phi) is 5.27. The number of aryl methyl sites for hydroxylation is 1. The summed E-state index contributed by atoms with van der Waals surface area (Å²) in [6.07, 6.45) is -0.835. The summed E-state index contributed by atoms with van der Waals surface area (Å²) in [7, 11) is 0. The zero-order valence-electron chi connectivity index (χ0n) is 12.8. The first-order valence-corrected chi connectivity index (χ1v) is 7.86. The van der Waals surface area contributed by atoms with E-state index in [2.05, 4.69) is 10.3 Å². The van der Waals surface area contributed by atoms with E-state index >= 15 is 0 Å². The van der Waals surface area contributed by atoms with Crippen molar-refractivity contribution in [3.05, 3.63) is 40.2 Å². The third-order valence-electron chi connectivity index (χ3n) is 2.97. The van der Waals surface area contributed by atoms with E-state index in [1.54, 1.807) is 6.92 Å². The highest BCUT2D eigenvalue weighted by molar-refractivity contribution is 7.14. The second kappa shape index (κ2) is 7.17. The molecule has 5 nitrogen and oxygen atoms in total. The van der Waals surface area contributed by atoms with Gasteiger partial charge in [-0.3, -0.25) is 4.79 Å². The number of hydrogen-bond donors (Lipinski definition) is 1. The van der Waals surface area contributed by atoms with E-state index in [4.69, 9.17) is 4.74 Å². The van der Waals surface area contributed by atoms with Gasteiger partial charge in [0.25, 0.3) is 5.91 Å². The fraction of sp³-hybridized carbons (Fsp3) is 0.312. The lowest BCUT2D eigenvalue weighted by Gasteiger charge is -2.12. The van der Waals surface area contributed by atoms with Gasteiger partial charge in [0.05, 0.1) is 10.7 Å². The van der Waals surface area contributed by atoms with Crippen molar-refractivity contribution in [1.82, 2.24) is 10.3 Å². The van der Waals surface area contributed by atoms with Crippen LogP contribution in [-0.2, 0) is 9.53 Å². The van der Waals surface area contributed by atoms with E-state index < -0.39 is 12.1 Å². The topological polar surface area (TPSA) is 68.3 Å². The Balaban J connectivity index is 2.22. The Bertz CT molecular complexity index is 667. The molecule has 1 amide bonds. The second-order valence-electron chi connectivity index (χ2n) is 4.72. The number of likely N-dealkylation sites (N-methyl/N-ethyl adjacent to an activating group) is 1. The molecular formula is C16H18N2O3S. The van der Waals surface area contributed by atoms with Gasteiger partial charge in [-0.05, 0) is 20.8 Å². The van der Waals surface area contributed by atoms with Crippen LogP contribution < -0.4 is 5.32 Å². The molecular weight excluding hydrogens is 300 g/mol. The summed E-state index contributed by atoms with van der Waals surface area (Å²) in [6, 6.07) is 9.45. The molecule has 1 atom stereocenters. The number of rotatable bonds is 5. The van der Waals surface area contributed by atoms with Crippen molar-refractivity contribution in [2.45, 2.75) is 26.9 Å². The van der Waals surface area contributed by atoms with Crippen LogP contribution >= 0.6 is 11.3 Å². The number of esters is 1. The predicted molar refractivity (Wildman–Crippen MR) is 85.8 cm³/mol. The Labute approximate surface area is 133 Å². The van der Waals surface area contributed by atoms with Crippen molar-refractivity contribution in [3.63, 3.8) is 0 Å². The van der Waals surface area contributed by atoms with E-state index in [0.717, 1.165) is 10.6 Å². The molecule has 2 aromatic rings. The molecule has 116 valence electrons. The predicted octanol–water partition coefficient (Wildman–Crippen LogP) is 2.80. The lowest BCUT2D eigenvalue weighted by Crippen LogP contribution is -2.35. The summed E-state index contributed by atoms with van der Waals surface area (Å²) in [4.78, 5) is 28.8. The number of thiazole rings is 1. The van der Waals surface area contributed by atoms with Gasteiger partial charge < -0.3 is 10.1 Å². The zero-order valence-corrected chi connectivity index (χ0v) is 13.6.